The predicted octanol–water partition coefficient (Wildman–Crippen LogP) is -1.18. The zero-order valence-electron chi connectivity index (χ0n) is 8.78. The van der Waals surface area contributed by atoms with Crippen molar-refractivity contribution >= 4 is 10.0 Å². The molecule has 0 saturated heterocycles. The molecule has 0 amide bonds. The first kappa shape index (κ1) is 11.5. The van der Waals surface area contributed by atoms with Crippen LogP contribution in [0.15, 0.2) is 28.4 Å². The van der Waals surface area contributed by atoms with Gasteiger partial charge in [-0.05, 0) is 0 Å². The third kappa shape index (κ3) is 1.97. The molecule has 2 aromatic rings. The monoisotopic (exact) mass is 255 g/mol. The Bertz CT molecular complexity index is 715. The van der Waals surface area contributed by atoms with Crippen molar-refractivity contribution in [2.45, 2.75) is 5.16 Å². The number of aromatic amines is 1. The highest BCUT2D eigenvalue weighted by atomic mass is 32.2. The van der Waals surface area contributed by atoms with E-state index in [9.17, 15) is 13.2 Å². The summed E-state index contributed by atoms with van der Waals surface area (Å²) in [5.41, 5.74) is -0.0716. The first-order valence-electron chi connectivity index (χ1n) is 4.51. The van der Waals surface area contributed by atoms with Crippen molar-refractivity contribution in [1.29, 1.82) is 0 Å². The normalized spacial score (nSPS) is 11.6. The maximum absolute atomic E-state index is 11.5. The van der Waals surface area contributed by atoms with Gasteiger partial charge in [0.25, 0.3) is 15.2 Å². The molecule has 0 bridgehead atoms. The molecule has 90 valence electrons. The first-order valence-corrected chi connectivity index (χ1v) is 6.05. The fourth-order valence-electron chi connectivity index (χ4n) is 1.39. The highest BCUT2D eigenvalue weighted by molar-refractivity contribution is 7.89. The van der Waals surface area contributed by atoms with Gasteiger partial charge in [0.15, 0.2) is 11.3 Å². The zero-order valence-corrected chi connectivity index (χ0v) is 9.60. The molecule has 0 unspecified atom stereocenters. The third-order valence-corrected chi connectivity index (χ3v) is 3.02. The van der Waals surface area contributed by atoms with Crippen molar-refractivity contribution in [2.75, 3.05) is 0 Å². The van der Waals surface area contributed by atoms with Crippen molar-refractivity contribution in [3.63, 3.8) is 0 Å². The van der Waals surface area contributed by atoms with Gasteiger partial charge in [-0.15, -0.1) is 10.2 Å². The van der Waals surface area contributed by atoms with Crippen LogP contribution in [-0.2, 0) is 17.1 Å². The van der Waals surface area contributed by atoms with Crippen LogP contribution in [0.25, 0.3) is 11.4 Å². The Morgan fingerprint density at radius 2 is 2.12 bits per heavy atom. The summed E-state index contributed by atoms with van der Waals surface area (Å²) in [5, 5.41) is 11.7. The highest BCUT2D eigenvalue weighted by Crippen LogP contribution is 2.13. The molecule has 0 saturated carbocycles. The lowest BCUT2D eigenvalue weighted by molar-refractivity contribution is 0.580. The van der Waals surface area contributed by atoms with Crippen LogP contribution in [0.4, 0.5) is 0 Å². The van der Waals surface area contributed by atoms with Gasteiger partial charge in [0.05, 0.1) is 5.56 Å². The molecule has 8 nitrogen and oxygen atoms in total. The maximum atomic E-state index is 11.5. The largest absolute Gasteiger partial charge is 0.367 e. The average Bonchev–Trinajstić information content (AvgIpc) is 2.60. The Morgan fingerprint density at radius 1 is 1.41 bits per heavy atom. The Morgan fingerprint density at radius 3 is 2.65 bits per heavy atom. The third-order valence-electron chi connectivity index (χ3n) is 2.15. The lowest BCUT2D eigenvalue weighted by Gasteiger charge is -2.01. The second-order valence-electron chi connectivity index (χ2n) is 3.33. The van der Waals surface area contributed by atoms with E-state index in [0.29, 0.717) is 0 Å². The van der Waals surface area contributed by atoms with Gasteiger partial charge in [-0.2, -0.15) is 0 Å². The number of pyridine rings is 1. The molecular weight excluding hydrogens is 246 g/mol. The lowest BCUT2D eigenvalue weighted by Crippen LogP contribution is -2.17. The molecule has 0 atom stereocenters. The van der Waals surface area contributed by atoms with E-state index in [1.54, 1.807) is 0 Å². The summed E-state index contributed by atoms with van der Waals surface area (Å²) >= 11 is 0. The van der Waals surface area contributed by atoms with Crippen LogP contribution in [-0.4, -0.2) is 28.2 Å². The van der Waals surface area contributed by atoms with E-state index in [4.69, 9.17) is 5.14 Å². The number of sulfonamides is 1. The molecule has 3 N–H and O–H groups in total. The summed E-state index contributed by atoms with van der Waals surface area (Å²) in [6.07, 6.45) is 2.88. The van der Waals surface area contributed by atoms with Crippen LogP contribution < -0.4 is 10.6 Å². The predicted molar refractivity (Wildman–Crippen MR) is 58.4 cm³/mol. The molecule has 0 spiro atoms. The van der Waals surface area contributed by atoms with Crippen LogP contribution in [0.3, 0.4) is 0 Å². The molecule has 9 heteroatoms. The Hall–Kier alpha value is -2.00. The molecule has 2 heterocycles. The van der Waals surface area contributed by atoms with Gasteiger partial charge >= 0.3 is 0 Å². The van der Waals surface area contributed by atoms with E-state index in [1.807, 2.05) is 0 Å². The molecule has 0 aliphatic carbocycles. The van der Waals surface area contributed by atoms with Gasteiger partial charge in [0, 0.05) is 25.5 Å². The number of aromatic nitrogens is 4. The molecule has 0 aliphatic rings. The van der Waals surface area contributed by atoms with Crippen LogP contribution in [0, 0.1) is 0 Å². The van der Waals surface area contributed by atoms with Gasteiger partial charge in [0.2, 0.25) is 0 Å². The fraction of sp³-hybridized carbons (Fsp3) is 0.125. The summed E-state index contributed by atoms with van der Waals surface area (Å²) in [6, 6.07) is 1.31. The summed E-state index contributed by atoms with van der Waals surface area (Å²) in [4.78, 5) is 14.3. The molecular formula is C8H9N5O3S. The summed E-state index contributed by atoms with van der Waals surface area (Å²) in [7, 11) is -2.54. The van der Waals surface area contributed by atoms with E-state index in [-0.39, 0.29) is 16.8 Å². The van der Waals surface area contributed by atoms with Crippen molar-refractivity contribution in [3.8, 4) is 11.4 Å². The zero-order chi connectivity index (χ0) is 12.6. The van der Waals surface area contributed by atoms with E-state index in [0.717, 1.165) is 4.57 Å². The SMILES string of the molecule is Cn1c(-c2c[nH]ccc2=O)nnc1S(N)(=O)=O. The molecule has 0 aromatic carbocycles. The highest BCUT2D eigenvalue weighted by Gasteiger charge is 2.20. The minimum atomic E-state index is -3.96. The minimum Gasteiger partial charge on any atom is -0.367 e. The Labute approximate surface area is 96.2 Å². The number of hydrogen-bond acceptors (Lipinski definition) is 5. The minimum absolute atomic E-state index is 0.135. The van der Waals surface area contributed by atoms with Gasteiger partial charge in [-0.1, -0.05) is 0 Å². The van der Waals surface area contributed by atoms with Gasteiger partial charge in [-0.25, -0.2) is 13.6 Å². The number of nitrogens with zero attached hydrogens (tertiary/aromatic N) is 3. The number of hydrogen-bond donors (Lipinski definition) is 2. The fourth-order valence-corrected chi connectivity index (χ4v) is 2.01. The van der Waals surface area contributed by atoms with Crippen molar-refractivity contribution in [1.82, 2.24) is 19.7 Å². The van der Waals surface area contributed by atoms with E-state index in [2.05, 4.69) is 15.2 Å². The van der Waals surface area contributed by atoms with Crippen LogP contribution in [0.1, 0.15) is 0 Å². The molecule has 0 aliphatic heterocycles. The number of rotatable bonds is 2. The van der Waals surface area contributed by atoms with Crippen LogP contribution >= 0.6 is 0 Å². The summed E-state index contributed by atoms with van der Waals surface area (Å²) in [6.45, 7) is 0. The van der Waals surface area contributed by atoms with Gasteiger partial charge < -0.3 is 4.98 Å². The Balaban J connectivity index is 2.69. The van der Waals surface area contributed by atoms with Crippen molar-refractivity contribution < 1.29 is 8.42 Å². The summed E-state index contributed by atoms with van der Waals surface area (Å²) < 4.78 is 23.5. The van der Waals surface area contributed by atoms with Gasteiger partial charge in [-0.3, -0.25) is 9.36 Å². The topological polar surface area (TPSA) is 124 Å². The molecule has 0 fully saturated rings. The quantitative estimate of drug-likeness (QED) is 0.698. The standard InChI is InChI=1S/C8H9N5O3S/c1-13-7(5-4-10-3-2-6(5)14)11-12-8(13)17(9,15)16/h2-4H,1H3,(H,10,14)(H2,9,15,16). The van der Waals surface area contributed by atoms with Crippen LogP contribution in [0.5, 0.6) is 0 Å². The van der Waals surface area contributed by atoms with Gasteiger partial charge in [0.1, 0.15) is 0 Å². The molecule has 0 radical (unpaired) electrons. The van der Waals surface area contributed by atoms with Crippen LogP contribution in [0.2, 0.25) is 0 Å². The molecule has 17 heavy (non-hydrogen) atoms. The molecule has 2 rings (SSSR count). The number of primary sulfonamides is 1. The van der Waals surface area contributed by atoms with Crippen molar-refractivity contribution in [3.05, 3.63) is 28.7 Å². The Kier molecular flexibility index (Phi) is 2.56. The first-order chi connectivity index (χ1) is 7.91. The smallest absolute Gasteiger partial charge is 0.273 e. The molecule has 2 aromatic heterocycles. The number of nitrogens with two attached hydrogens (primary N) is 1. The summed E-state index contributed by atoms with van der Waals surface area (Å²) in [5.74, 6) is 0.135. The van der Waals surface area contributed by atoms with E-state index in [1.165, 1.54) is 25.5 Å². The van der Waals surface area contributed by atoms with Crippen molar-refractivity contribution in [2.24, 2.45) is 12.2 Å². The second kappa shape index (κ2) is 3.79. The maximum Gasteiger partial charge on any atom is 0.273 e. The second-order valence-corrected chi connectivity index (χ2v) is 4.79. The number of H-pyrrole nitrogens is 1. The van der Waals surface area contributed by atoms with E-state index < -0.39 is 15.2 Å². The number of nitrogens with one attached hydrogen (secondary N) is 1. The average molecular weight is 255 g/mol. The van der Waals surface area contributed by atoms with E-state index >= 15 is 0 Å². The lowest BCUT2D eigenvalue weighted by atomic mass is 10.2.